The number of hydrogen-bond acceptors (Lipinski definition) is 6. The van der Waals surface area contributed by atoms with Crippen molar-refractivity contribution < 1.29 is 9.21 Å². The van der Waals surface area contributed by atoms with Crippen molar-refractivity contribution >= 4 is 29.0 Å². The molecule has 0 fully saturated rings. The van der Waals surface area contributed by atoms with Crippen LogP contribution in [0.1, 0.15) is 30.0 Å². The minimum Gasteiger partial charge on any atom is -0.464 e. The number of amides is 1. The van der Waals surface area contributed by atoms with E-state index in [1.54, 1.807) is 23.8 Å². The number of nitrogens with one attached hydrogen (secondary N) is 2. The Bertz CT molecular complexity index is 1860. The van der Waals surface area contributed by atoms with Gasteiger partial charge in [0.25, 0.3) is 11.5 Å². The summed E-state index contributed by atoms with van der Waals surface area (Å²) in [6.07, 6.45) is 3.50. The molecule has 0 unspecified atom stereocenters. The van der Waals surface area contributed by atoms with Crippen LogP contribution >= 0.6 is 11.3 Å². The monoisotopic (exact) mass is 521 g/mol. The Kier molecular flexibility index (Phi) is 5.97. The van der Waals surface area contributed by atoms with Gasteiger partial charge in [-0.15, -0.1) is 0 Å². The average molecular weight is 522 g/mol. The maximum absolute atomic E-state index is 13.9. The maximum Gasteiger partial charge on any atom is 0.271 e. The van der Waals surface area contributed by atoms with E-state index >= 15 is 0 Å². The fourth-order valence-corrected chi connectivity index (χ4v) is 5.62. The van der Waals surface area contributed by atoms with Crippen molar-refractivity contribution in [1.82, 2.24) is 14.8 Å². The number of carbonyl (C=O) groups is 1. The summed E-state index contributed by atoms with van der Waals surface area (Å²) in [6.45, 7) is 3.61. The molecule has 0 saturated heterocycles. The van der Waals surface area contributed by atoms with E-state index in [0.717, 1.165) is 16.8 Å². The van der Waals surface area contributed by atoms with Crippen LogP contribution in [-0.2, 0) is 4.79 Å². The van der Waals surface area contributed by atoms with E-state index in [1.165, 1.54) is 11.3 Å². The standard InChI is InChI=1S/C29H23N5O3S/c1-17-13-14-22(37-17)26-24(27(35)32-21-11-7-4-8-12-21)18(2)31-29-34(26)28(36)23(38-29)15-20-16-30-33-25(20)19-9-5-3-6-10-19/h3-16,26H,1-2H3,(H,30,33)(H,32,35)/t26-/m1/s1. The molecule has 4 heterocycles. The lowest BCUT2D eigenvalue weighted by Gasteiger charge is -2.23. The number of anilines is 1. The number of aryl methyl sites for hydroxylation is 1. The predicted molar refractivity (Wildman–Crippen MR) is 146 cm³/mol. The molecule has 0 aliphatic carbocycles. The zero-order valence-electron chi connectivity index (χ0n) is 20.6. The topological polar surface area (TPSA) is 105 Å². The molecule has 1 aliphatic rings. The molecule has 0 radical (unpaired) electrons. The quantitative estimate of drug-likeness (QED) is 0.362. The molecule has 3 aromatic heterocycles. The third kappa shape index (κ3) is 4.22. The number of benzene rings is 2. The fourth-order valence-electron chi connectivity index (χ4n) is 4.58. The van der Waals surface area contributed by atoms with Crippen molar-refractivity contribution in [1.29, 1.82) is 0 Å². The summed E-state index contributed by atoms with van der Waals surface area (Å²) in [7, 11) is 0. The highest BCUT2D eigenvalue weighted by molar-refractivity contribution is 7.07. The summed E-state index contributed by atoms with van der Waals surface area (Å²) in [6, 6.07) is 21.9. The lowest BCUT2D eigenvalue weighted by Crippen LogP contribution is -2.40. The Morgan fingerprint density at radius 1 is 1.05 bits per heavy atom. The number of furan rings is 1. The Morgan fingerprint density at radius 2 is 1.79 bits per heavy atom. The van der Waals surface area contributed by atoms with Crippen molar-refractivity contribution in [2.24, 2.45) is 4.99 Å². The minimum atomic E-state index is -0.760. The number of H-pyrrole nitrogens is 1. The maximum atomic E-state index is 13.9. The smallest absolute Gasteiger partial charge is 0.271 e. The first-order valence-corrected chi connectivity index (χ1v) is 12.9. The van der Waals surface area contributed by atoms with Gasteiger partial charge in [0, 0.05) is 16.8 Å². The normalized spacial score (nSPS) is 15.3. The molecule has 1 amide bonds. The lowest BCUT2D eigenvalue weighted by atomic mass is 10.00. The summed E-state index contributed by atoms with van der Waals surface area (Å²) in [5.41, 5.74) is 3.83. The van der Waals surface area contributed by atoms with Crippen LogP contribution in [-0.4, -0.2) is 20.7 Å². The Morgan fingerprint density at radius 3 is 2.50 bits per heavy atom. The molecule has 0 bridgehead atoms. The third-order valence-corrected chi connectivity index (χ3v) is 7.33. The molecule has 5 aromatic rings. The van der Waals surface area contributed by atoms with E-state index in [4.69, 9.17) is 4.42 Å². The van der Waals surface area contributed by atoms with Gasteiger partial charge in [0.1, 0.15) is 17.6 Å². The van der Waals surface area contributed by atoms with Gasteiger partial charge in [-0.05, 0) is 44.2 Å². The number of rotatable bonds is 5. The number of hydrogen-bond donors (Lipinski definition) is 2. The van der Waals surface area contributed by atoms with Crippen molar-refractivity contribution in [2.75, 3.05) is 5.32 Å². The summed E-state index contributed by atoms with van der Waals surface area (Å²) in [4.78, 5) is 32.6. The van der Waals surface area contributed by atoms with Crippen LogP contribution in [0, 0.1) is 6.92 Å². The molecule has 1 aliphatic heterocycles. The van der Waals surface area contributed by atoms with E-state index in [9.17, 15) is 9.59 Å². The molecule has 0 spiro atoms. The van der Waals surface area contributed by atoms with E-state index in [2.05, 4.69) is 20.5 Å². The largest absolute Gasteiger partial charge is 0.464 e. The van der Waals surface area contributed by atoms with Crippen LogP contribution in [0.25, 0.3) is 17.3 Å². The number of aromatic nitrogens is 3. The number of nitrogens with zero attached hydrogens (tertiary/aromatic N) is 3. The lowest BCUT2D eigenvalue weighted by molar-refractivity contribution is -0.113. The van der Waals surface area contributed by atoms with Crippen LogP contribution in [0.3, 0.4) is 0 Å². The second kappa shape index (κ2) is 9.60. The van der Waals surface area contributed by atoms with Gasteiger partial charge in [-0.2, -0.15) is 5.10 Å². The van der Waals surface area contributed by atoms with Crippen molar-refractivity contribution in [3.63, 3.8) is 0 Å². The molecule has 8 nitrogen and oxygen atoms in total. The Hall–Kier alpha value is -4.76. The van der Waals surface area contributed by atoms with Gasteiger partial charge in [-0.3, -0.25) is 19.3 Å². The SMILES string of the molecule is CC1=C(C(=O)Nc2ccccc2)[C@@H](c2ccc(C)o2)n2c(sc(=Cc3cn[nH]c3-c3ccccc3)c2=O)=N1. The summed E-state index contributed by atoms with van der Waals surface area (Å²) in [5.74, 6) is 0.841. The average Bonchev–Trinajstić information content (AvgIpc) is 3.64. The third-order valence-electron chi connectivity index (χ3n) is 6.35. The first kappa shape index (κ1) is 23.6. The van der Waals surface area contributed by atoms with Crippen molar-refractivity contribution in [3.8, 4) is 11.3 Å². The van der Waals surface area contributed by atoms with Gasteiger partial charge in [-0.1, -0.05) is 59.9 Å². The predicted octanol–water partition coefficient (Wildman–Crippen LogP) is 4.17. The molecular weight excluding hydrogens is 498 g/mol. The van der Waals surface area contributed by atoms with Crippen LogP contribution in [0.2, 0.25) is 0 Å². The molecule has 188 valence electrons. The van der Waals surface area contributed by atoms with Crippen molar-refractivity contribution in [2.45, 2.75) is 19.9 Å². The molecule has 2 N–H and O–H groups in total. The van der Waals surface area contributed by atoms with E-state index < -0.39 is 6.04 Å². The first-order chi connectivity index (χ1) is 18.5. The molecule has 38 heavy (non-hydrogen) atoms. The Labute approximate surface area is 221 Å². The summed E-state index contributed by atoms with van der Waals surface area (Å²) in [5, 5.41) is 10.2. The van der Waals surface area contributed by atoms with Crippen LogP contribution in [0.4, 0.5) is 5.69 Å². The van der Waals surface area contributed by atoms with Gasteiger partial charge in [0.2, 0.25) is 0 Å². The molecule has 2 aromatic carbocycles. The van der Waals surface area contributed by atoms with Crippen molar-refractivity contribution in [3.05, 3.63) is 127 Å². The molecule has 9 heteroatoms. The van der Waals surface area contributed by atoms with Gasteiger partial charge in [-0.25, -0.2) is 4.99 Å². The highest BCUT2D eigenvalue weighted by atomic mass is 32.1. The number of aromatic amines is 1. The molecule has 1 atom stereocenters. The van der Waals surface area contributed by atoms with E-state index in [0.29, 0.717) is 37.8 Å². The first-order valence-electron chi connectivity index (χ1n) is 12.0. The van der Waals surface area contributed by atoms with E-state index in [-0.39, 0.29) is 11.5 Å². The second-order valence-electron chi connectivity index (χ2n) is 8.92. The summed E-state index contributed by atoms with van der Waals surface area (Å²) < 4.78 is 8.00. The second-order valence-corrected chi connectivity index (χ2v) is 9.93. The number of allylic oxidation sites excluding steroid dienone is 1. The van der Waals surface area contributed by atoms with E-state index in [1.807, 2.05) is 79.7 Å². The number of carbonyl (C=O) groups excluding carboxylic acids is 1. The minimum absolute atomic E-state index is 0.259. The molecule has 6 rings (SSSR count). The van der Waals surface area contributed by atoms with Gasteiger partial charge in [0.05, 0.1) is 27.7 Å². The summed E-state index contributed by atoms with van der Waals surface area (Å²) >= 11 is 1.27. The highest BCUT2D eigenvalue weighted by Crippen LogP contribution is 2.32. The Balaban J connectivity index is 1.49. The number of thiazole rings is 1. The zero-order chi connectivity index (χ0) is 26.2. The van der Waals surface area contributed by atoms with Gasteiger partial charge >= 0.3 is 0 Å². The molecule has 0 saturated carbocycles. The van der Waals surface area contributed by atoms with Gasteiger partial charge < -0.3 is 9.73 Å². The van der Waals surface area contributed by atoms with Gasteiger partial charge in [0.15, 0.2) is 4.80 Å². The number of para-hydroxylation sites is 1. The van der Waals surface area contributed by atoms with Crippen LogP contribution in [0.5, 0.6) is 0 Å². The van der Waals surface area contributed by atoms with Crippen LogP contribution in [0.15, 0.2) is 104 Å². The highest BCUT2D eigenvalue weighted by Gasteiger charge is 2.34. The fraction of sp³-hybridized carbons (Fsp3) is 0.103. The number of fused-ring (bicyclic) bond motifs is 1. The zero-order valence-corrected chi connectivity index (χ0v) is 21.5. The molecular formula is C29H23N5O3S. The van der Waals surface area contributed by atoms with Crippen LogP contribution < -0.4 is 20.2 Å².